The molecule has 0 saturated carbocycles. The summed E-state index contributed by atoms with van der Waals surface area (Å²) in [6.07, 6.45) is 1.32. The van der Waals surface area contributed by atoms with Crippen molar-refractivity contribution < 1.29 is 28.9 Å². The van der Waals surface area contributed by atoms with Crippen LogP contribution < -0.4 is 10.6 Å². The molecule has 0 unspecified atom stereocenters. The van der Waals surface area contributed by atoms with Gasteiger partial charge in [0.15, 0.2) is 11.4 Å². The molecule has 2 amide bonds. The lowest BCUT2D eigenvalue weighted by Gasteiger charge is -2.36. The number of amides is 2. The minimum atomic E-state index is -0.820. The van der Waals surface area contributed by atoms with Crippen LogP contribution in [0.5, 0.6) is 0 Å². The Morgan fingerprint density at radius 3 is 2.31 bits per heavy atom. The Balaban J connectivity index is 1.12. The van der Waals surface area contributed by atoms with Crippen molar-refractivity contribution in [3.63, 3.8) is 0 Å². The summed E-state index contributed by atoms with van der Waals surface area (Å²) in [6.45, 7) is 0.666. The molecule has 4 aromatic carbocycles. The maximum absolute atomic E-state index is 12.8. The molecule has 10 nitrogen and oxygen atoms in total. The Bertz CT molecular complexity index is 1920. The fraction of sp³-hybridized carbons (Fsp3) is 0.256. The summed E-state index contributed by atoms with van der Waals surface area (Å²) in [5.74, 6) is -0.515. The van der Waals surface area contributed by atoms with Gasteiger partial charge in [-0.25, -0.2) is 14.6 Å². The van der Waals surface area contributed by atoms with Crippen LogP contribution in [-0.2, 0) is 45.1 Å². The number of hydrogen-bond donors (Lipinski definition) is 3. The Morgan fingerprint density at radius 2 is 1.63 bits per heavy atom. The van der Waals surface area contributed by atoms with Crippen LogP contribution in [-0.4, -0.2) is 45.9 Å². The third-order valence-corrected chi connectivity index (χ3v) is 9.49. The number of carbonyl (C=O) groups excluding carboxylic acids is 2. The van der Waals surface area contributed by atoms with Crippen molar-refractivity contribution in [2.45, 2.75) is 57.1 Å². The molecule has 264 valence electrons. The van der Waals surface area contributed by atoms with Gasteiger partial charge in [0.2, 0.25) is 0 Å². The molecule has 1 saturated heterocycles. The quantitative estimate of drug-likeness (QED) is 0.116. The van der Waals surface area contributed by atoms with E-state index in [9.17, 15) is 14.7 Å². The van der Waals surface area contributed by atoms with Gasteiger partial charge in [-0.05, 0) is 39.4 Å². The first-order valence-electron chi connectivity index (χ1n) is 16.5. The number of methoxy groups -OCH3 is 1. The van der Waals surface area contributed by atoms with Crippen molar-refractivity contribution in [2.24, 2.45) is 0 Å². The van der Waals surface area contributed by atoms with Crippen LogP contribution >= 0.6 is 23.2 Å². The monoisotopic (exact) mass is 728 g/mol. The van der Waals surface area contributed by atoms with Crippen LogP contribution in [0.25, 0.3) is 11.1 Å². The number of rotatable bonds is 12. The number of nitrogens with one attached hydrogen (secondary N) is 2. The van der Waals surface area contributed by atoms with E-state index < -0.39 is 24.3 Å². The van der Waals surface area contributed by atoms with E-state index in [1.165, 1.54) is 7.11 Å². The number of halogens is 2. The number of imidazole rings is 1. The van der Waals surface area contributed by atoms with Gasteiger partial charge in [-0.2, -0.15) is 0 Å². The predicted octanol–water partition coefficient (Wildman–Crippen LogP) is 7.18. The SMILES string of the molecule is COC(=O)[C@H](Cc1ccccc1)NC(=O)NCc1cccc(-c2ccc([C@@H]3O[C@H](Cn4cnc(Cl)c4Cl)C[C@H](c4ccc(CO)cc4)O3)cc2)c1. The second kappa shape index (κ2) is 17.0. The first-order valence-corrected chi connectivity index (χ1v) is 17.3. The number of carbonyl (C=O) groups is 2. The Kier molecular flexibility index (Phi) is 12.0. The molecular formula is C39H38Cl2N4O6. The summed E-state index contributed by atoms with van der Waals surface area (Å²) in [4.78, 5) is 29.2. The minimum absolute atomic E-state index is 0.0339. The van der Waals surface area contributed by atoms with Crippen LogP contribution in [0.4, 0.5) is 4.79 Å². The summed E-state index contributed by atoms with van der Waals surface area (Å²) in [5, 5.41) is 15.7. The first kappa shape index (κ1) is 36.1. The number of urea groups is 1. The third kappa shape index (κ3) is 9.35. The molecule has 0 bridgehead atoms. The maximum Gasteiger partial charge on any atom is 0.328 e. The molecule has 6 rings (SSSR count). The minimum Gasteiger partial charge on any atom is -0.467 e. The zero-order valence-electron chi connectivity index (χ0n) is 27.9. The smallest absolute Gasteiger partial charge is 0.328 e. The van der Waals surface area contributed by atoms with Crippen LogP contribution in [0, 0.1) is 0 Å². The highest BCUT2D eigenvalue weighted by Crippen LogP contribution is 2.39. The fourth-order valence-corrected chi connectivity index (χ4v) is 6.31. The molecule has 1 aliphatic rings. The molecule has 1 aromatic heterocycles. The van der Waals surface area contributed by atoms with E-state index >= 15 is 0 Å². The molecule has 12 heteroatoms. The molecule has 2 heterocycles. The standard InChI is InChI=1S/C39H38Cl2N4O6/c1-49-37(47)33(19-25-6-3-2-4-7-25)44-39(48)42-21-27-8-5-9-31(18-27)28-14-16-30(17-15-28)38-50-32(22-45-24-43-35(40)36(45)41)20-34(51-38)29-12-10-26(23-46)11-13-29/h2-18,24,32-34,38,46H,19-23H2,1H3,(H2,42,44,48)/t32-,33-,34+,38+/m0/s1. The summed E-state index contributed by atoms with van der Waals surface area (Å²) in [6, 6.07) is 31.7. The van der Waals surface area contributed by atoms with Crippen molar-refractivity contribution >= 4 is 35.2 Å². The number of nitrogens with zero attached hydrogens (tertiary/aromatic N) is 2. The highest BCUT2D eigenvalue weighted by atomic mass is 35.5. The van der Waals surface area contributed by atoms with Crippen LogP contribution in [0.2, 0.25) is 10.3 Å². The van der Waals surface area contributed by atoms with Crippen molar-refractivity contribution in [1.82, 2.24) is 20.2 Å². The lowest BCUT2D eigenvalue weighted by Crippen LogP contribution is -2.47. The highest BCUT2D eigenvalue weighted by Gasteiger charge is 2.33. The Labute approximate surface area is 306 Å². The first-order chi connectivity index (χ1) is 24.8. The van der Waals surface area contributed by atoms with Crippen molar-refractivity contribution in [3.8, 4) is 11.1 Å². The normalized spacial score (nSPS) is 17.8. The average molecular weight is 730 g/mol. The topological polar surface area (TPSA) is 124 Å². The van der Waals surface area contributed by atoms with E-state index in [1.54, 1.807) is 10.9 Å². The summed E-state index contributed by atoms with van der Waals surface area (Å²) in [7, 11) is 1.30. The highest BCUT2D eigenvalue weighted by molar-refractivity contribution is 6.40. The number of aliphatic hydroxyl groups excluding tert-OH is 1. The Hall–Kier alpha value is -4.71. The number of benzene rings is 4. The molecule has 0 aliphatic carbocycles. The van der Waals surface area contributed by atoms with Gasteiger partial charge in [0.05, 0.1) is 38.8 Å². The van der Waals surface area contributed by atoms with E-state index in [4.69, 9.17) is 37.4 Å². The van der Waals surface area contributed by atoms with Crippen molar-refractivity contribution in [2.75, 3.05) is 7.11 Å². The number of esters is 1. The number of aliphatic hydroxyl groups is 1. The van der Waals surface area contributed by atoms with Crippen LogP contribution in [0.15, 0.2) is 109 Å². The molecule has 1 fully saturated rings. The van der Waals surface area contributed by atoms with Gasteiger partial charge in [0.1, 0.15) is 11.2 Å². The number of hydrogen-bond acceptors (Lipinski definition) is 7. The van der Waals surface area contributed by atoms with Crippen LogP contribution in [0.3, 0.4) is 0 Å². The summed E-state index contributed by atoms with van der Waals surface area (Å²) >= 11 is 12.5. The molecular weight excluding hydrogens is 691 g/mol. The van der Waals surface area contributed by atoms with Crippen molar-refractivity contribution in [1.29, 1.82) is 0 Å². The molecule has 0 radical (unpaired) electrons. The fourth-order valence-electron chi connectivity index (χ4n) is 5.99. The Morgan fingerprint density at radius 1 is 0.902 bits per heavy atom. The van der Waals surface area contributed by atoms with E-state index in [0.29, 0.717) is 24.5 Å². The van der Waals surface area contributed by atoms with E-state index in [0.717, 1.165) is 38.9 Å². The molecule has 5 aromatic rings. The molecule has 51 heavy (non-hydrogen) atoms. The zero-order valence-corrected chi connectivity index (χ0v) is 29.4. The largest absolute Gasteiger partial charge is 0.467 e. The van der Waals surface area contributed by atoms with Crippen molar-refractivity contribution in [3.05, 3.63) is 148 Å². The van der Waals surface area contributed by atoms with Gasteiger partial charge >= 0.3 is 12.0 Å². The average Bonchev–Trinajstić information content (AvgIpc) is 3.49. The van der Waals surface area contributed by atoms with Crippen LogP contribution in [0.1, 0.15) is 46.6 Å². The van der Waals surface area contributed by atoms with E-state index in [-0.39, 0.29) is 30.5 Å². The van der Waals surface area contributed by atoms with E-state index in [1.807, 2.05) is 103 Å². The number of aromatic nitrogens is 2. The zero-order chi connectivity index (χ0) is 35.7. The van der Waals surface area contributed by atoms with Gasteiger partial charge in [-0.1, -0.05) is 120 Å². The number of ether oxygens (including phenoxy) is 3. The maximum atomic E-state index is 12.8. The van der Waals surface area contributed by atoms with Gasteiger partial charge in [-0.15, -0.1) is 0 Å². The summed E-state index contributed by atoms with van der Waals surface area (Å²) < 4.78 is 19.6. The molecule has 0 spiro atoms. The van der Waals surface area contributed by atoms with Gasteiger partial charge in [0, 0.05) is 24.9 Å². The summed E-state index contributed by atoms with van der Waals surface area (Å²) in [5.41, 5.74) is 6.39. The van der Waals surface area contributed by atoms with Gasteiger partial charge in [-0.3, -0.25) is 0 Å². The van der Waals surface area contributed by atoms with Gasteiger partial charge < -0.3 is 34.5 Å². The molecule has 3 N–H and O–H groups in total. The lowest BCUT2D eigenvalue weighted by atomic mass is 9.99. The second-order valence-corrected chi connectivity index (χ2v) is 13.0. The molecule has 4 atom stereocenters. The third-order valence-electron chi connectivity index (χ3n) is 8.72. The van der Waals surface area contributed by atoms with E-state index in [2.05, 4.69) is 15.6 Å². The lowest BCUT2D eigenvalue weighted by molar-refractivity contribution is -0.252. The second-order valence-electron chi connectivity index (χ2n) is 12.2. The molecule has 1 aliphatic heterocycles. The van der Waals surface area contributed by atoms with Gasteiger partial charge in [0.25, 0.3) is 0 Å². The predicted molar refractivity (Wildman–Crippen MR) is 194 cm³/mol.